The molecular weight excluding hydrogens is 376 g/mol. The lowest BCUT2D eigenvalue weighted by molar-refractivity contribution is 0.231. The van der Waals surface area contributed by atoms with E-state index in [1.165, 1.54) is 0 Å². The van der Waals surface area contributed by atoms with Crippen LogP contribution in [0.1, 0.15) is 55.4 Å². The van der Waals surface area contributed by atoms with Gasteiger partial charge >= 0.3 is 0 Å². The Kier molecular flexibility index (Phi) is 6.64. The maximum atomic E-state index is 6.43. The highest BCUT2D eigenvalue weighted by Crippen LogP contribution is 2.50. The summed E-state index contributed by atoms with van der Waals surface area (Å²) in [5.74, 6) is 3.18. The second-order valence-corrected chi connectivity index (χ2v) is 8.68. The van der Waals surface area contributed by atoms with Crippen molar-refractivity contribution in [3.05, 3.63) is 36.4 Å². The van der Waals surface area contributed by atoms with Crippen LogP contribution in [-0.4, -0.2) is 24.4 Å². The molecule has 0 aliphatic rings. The molecule has 0 atom stereocenters. The topological polar surface area (TPSA) is 36.9 Å². The molecule has 0 saturated heterocycles. The SMILES string of the molecule is CC(C)Oc1c2cccc(OC(C)C)c2c(OC(C)C)c2c(OC(C)C)cccc12. The van der Waals surface area contributed by atoms with E-state index >= 15 is 0 Å². The van der Waals surface area contributed by atoms with E-state index in [9.17, 15) is 0 Å². The summed E-state index contributed by atoms with van der Waals surface area (Å²) in [6, 6.07) is 12.1. The molecule has 0 aromatic heterocycles. The molecule has 30 heavy (non-hydrogen) atoms. The Bertz CT molecular complexity index is 948. The molecule has 0 unspecified atom stereocenters. The van der Waals surface area contributed by atoms with Crippen LogP contribution in [-0.2, 0) is 0 Å². The fraction of sp³-hybridized carbons (Fsp3) is 0.462. The molecule has 0 N–H and O–H groups in total. The van der Waals surface area contributed by atoms with Gasteiger partial charge in [-0.15, -0.1) is 0 Å². The highest BCUT2D eigenvalue weighted by Gasteiger charge is 2.24. The fourth-order valence-corrected chi connectivity index (χ4v) is 3.60. The largest absolute Gasteiger partial charge is 0.490 e. The zero-order valence-corrected chi connectivity index (χ0v) is 19.4. The average Bonchev–Trinajstić information content (AvgIpc) is 2.62. The quantitative estimate of drug-likeness (QED) is 0.370. The highest BCUT2D eigenvalue weighted by atomic mass is 16.5. The van der Waals surface area contributed by atoms with Crippen molar-refractivity contribution < 1.29 is 18.9 Å². The van der Waals surface area contributed by atoms with Crippen molar-refractivity contribution in [3.63, 3.8) is 0 Å². The molecule has 162 valence electrons. The lowest BCUT2D eigenvalue weighted by atomic mass is 9.98. The minimum absolute atomic E-state index is 0.00696. The number of hydrogen-bond donors (Lipinski definition) is 0. The number of hydrogen-bond acceptors (Lipinski definition) is 4. The van der Waals surface area contributed by atoms with E-state index in [-0.39, 0.29) is 24.4 Å². The van der Waals surface area contributed by atoms with Crippen LogP contribution >= 0.6 is 0 Å². The molecule has 0 spiro atoms. The molecule has 0 saturated carbocycles. The van der Waals surface area contributed by atoms with Gasteiger partial charge in [0.2, 0.25) is 0 Å². The second-order valence-electron chi connectivity index (χ2n) is 8.68. The smallest absolute Gasteiger partial charge is 0.143 e. The van der Waals surface area contributed by atoms with Crippen LogP contribution < -0.4 is 18.9 Å². The average molecular weight is 411 g/mol. The molecule has 3 rings (SSSR count). The van der Waals surface area contributed by atoms with Crippen LogP contribution in [0.25, 0.3) is 21.5 Å². The summed E-state index contributed by atoms with van der Waals surface area (Å²) in [7, 11) is 0. The Labute approximate surface area is 180 Å². The van der Waals surface area contributed by atoms with E-state index in [2.05, 4.69) is 12.1 Å². The third-order valence-corrected chi connectivity index (χ3v) is 4.43. The monoisotopic (exact) mass is 410 g/mol. The van der Waals surface area contributed by atoms with Crippen LogP contribution in [0.5, 0.6) is 23.0 Å². The normalized spacial score (nSPS) is 11.9. The zero-order valence-electron chi connectivity index (χ0n) is 19.4. The van der Waals surface area contributed by atoms with Gasteiger partial charge in [-0.3, -0.25) is 0 Å². The van der Waals surface area contributed by atoms with Crippen molar-refractivity contribution in [3.8, 4) is 23.0 Å². The predicted octanol–water partition coefficient (Wildman–Crippen LogP) is 7.14. The molecule has 0 fully saturated rings. The molecule has 3 aromatic carbocycles. The van der Waals surface area contributed by atoms with E-state index in [0.717, 1.165) is 44.5 Å². The summed E-state index contributed by atoms with van der Waals surface area (Å²) < 4.78 is 25.2. The molecule has 3 aromatic rings. The van der Waals surface area contributed by atoms with Crippen molar-refractivity contribution in [1.82, 2.24) is 0 Å². The molecule has 0 aliphatic heterocycles. The van der Waals surface area contributed by atoms with E-state index < -0.39 is 0 Å². The van der Waals surface area contributed by atoms with Crippen LogP contribution in [0.2, 0.25) is 0 Å². The lowest BCUT2D eigenvalue weighted by Gasteiger charge is -2.24. The number of fused-ring (bicyclic) bond motifs is 2. The molecule has 4 nitrogen and oxygen atoms in total. The first kappa shape index (κ1) is 22.1. The van der Waals surface area contributed by atoms with E-state index in [0.29, 0.717) is 0 Å². The summed E-state index contributed by atoms with van der Waals surface area (Å²) in [6.07, 6.45) is 0.0923. The minimum Gasteiger partial charge on any atom is -0.490 e. The van der Waals surface area contributed by atoms with Gasteiger partial charge in [0.1, 0.15) is 23.0 Å². The number of benzene rings is 3. The summed E-state index contributed by atoms with van der Waals surface area (Å²) in [5.41, 5.74) is 0. The Morgan fingerprint density at radius 3 is 1.20 bits per heavy atom. The molecule has 4 heteroatoms. The van der Waals surface area contributed by atoms with Crippen molar-refractivity contribution in [2.75, 3.05) is 0 Å². The molecule has 0 radical (unpaired) electrons. The predicted molar refractivity (Wildman–Crippen MR) is 125 cm³/mol. The lowest BCUT2D eigenvalue weighted by Crippen LogP contribution is -2.12. The summed E-state index contributed by atoms with van der Waals surface area (Å²) in [6.45, 7) is 16.3. The Morgan fingerprint density at radius 1 is 0.467 bits per heavy atom. The first-order valence-electron chi connectivity index (χ1n) is 10.9. The number of ether oxygens (including phenoxy) is 4. The van der Waals surface area contributed by atoms with Gasteiger partial charge in [-0.1, -0.05) is 24.3 Å². The van der Waals surface area contributed by atoms with Crippen LogP contribution in [0.4, 0.5) is 0 Å². The van der Waals surface area contributed by atoms with Gasteiger partial charge in [0.15, 0.2) is 0 Å². The maximum absolute atomic E-state index is 6.43. The van der Waals surface area contributed by atoms with E-state index in [1.807, 2.05) is 79.7 Å². The summed E-state index contributed by atoms with van der Waals surface area (Å²) in [5, 5.41) is 3.80. The molecular formula is C26H34O4. The van der Waals surface area contributed by atoms with Crippen LogP contribution in [0.15, 0.2) is 36.4 Å². The third-order valence-electron chi connectivity index (χ3n) is 4.43. The van der Waals surface area contributed by atoms with Gasteiger partial charge in [0.25, 0.3) is 0 Å². The van der Waals surface area contributed by atoms with Crippen molar-refractivity contribution in [1.29, 1.82) is 0 Å². The van der Waals surface area contributed by atoms with E-state index in [1.54, 1.807) is 0 Å². The second kappa shape index (κ2) is 9.03. The first-order chi connectivity index (χ1) is 14.2. The van der Waals surface area contributed by atoms with E-state index in [4.69, 9.17) is 18.9 Å². The summed E-state index contributed by atoms with van der Waals surface area (Å²) >= 11 is 0. The van der Waals surface area contributed by atoms with Crippen molar-refractivity contribution in [2.24, 2.45) is 0 Å². The Hall–Kier alpha value is -2.62. The first-order valence-corrected chi connectivity index (χ1v) is 10.9. The zero-order chi connectivity index (χ0) is 22.0. The standard InChI is InChI=1S/C26H34O4/c1-15(2)27-21-13-9-11-19-23(21)26(30-18(7)8)24-20(25(19)29-17(5)6)12-10-14-22(24)28-16(3)4/h9-18H,1-8H3. The number of rotatable bonds is 8. The minimum atomic E-state index is -0.00696. The highest BCUT2D eigenvalue weighted by molar-refractivity contribution is 6.15. The van der Waals surface area contributed by atoms with Gasteiger partial charge in [0.05, 0.1) is 35.2 Å². The third kappa shape index (κ3) is 4.58. The van der Waals surface area contributed by atoms with Gasteiger partial charge in [0, 0.05) is 10.8 Å². The molecule has 0 bridgehead atoms. The molecule has 0 aliphatic carbocycles. The summed E-state index contributed by atoms with van der Waals surface area (Å²) in [4.78, 5) is 0. The van der Waals surface area contributed by atoms with Crippen molar-refractivity contribution in [2.45, 2.75) is 79.8 Å². The van der Waals surface area contributed by atoms with Gasteiger partial charge in [-0.05, 0) is 67.5 Å². The maximum Gasteiger partial charge on any atom is 0.143 e. The molecule has 0 amide bonds. The van der Waals surface area contributed by atoms with Gasteiger partial charge < -0.3 is 18.9 Å². The van der Waals surface area contributed by atoms with Crippen LogP contribution in [0.3, 0.4) is 0 Å². The molecule has 0 heterocycles. The van der Waals surface area contributed by atoms with Gasteiger partial charge in [-0.25, -0.2) is 0 Å². The fourth-order valence-electron chi connectivity index (χ4n) is 3.60. The Balaban J connectivity index is 2.52. The van der Waals surface area contributed by atoms with Crippen LogP contribution in [0, 0.1) is 0 Å². The Morgan fingerprint density at radius 2 is 0.833 bits per heavy atom. The van der Waals surface area contributed by atoms with Gasteiger partial charge in [-0.2, -0.15) is 0 Å². The van der Waals surface area contributed by atoms with Crippen molar-refractivity contribution >= 4 is 21.5 Å².